The monoisotopic (exact) mass is 226 g/mol. The molecule has 0 radical (unpaired) electrons. The third kappa shape index (κ3) is 1.73. The topological polar surface area (TPSA) is 41.8 Å². The van der Waals surface area contributed by atoms with Gasteiger partial charge >= 0.3 is 0 Å². The first kappa shape index (κ1) is 10.5. The first-order valence-electron chi connectivity index (χ1n) is 4.79. The third-order valence-electron chi connectivity index (χ3n) is 2.55. The number of aryl methyl sites for hydroxylation is 1. The van der Waals surface area contributed by atoms with E-state index in [1.807, 2.05) is 6.92 Å². The molecule has 0 fully saturated rings. The van der Waals surface area contributed by atoms with Gasteiger partial charge in [-0.2, -0.15) is 0 Å². The number of hydrogen-bond donors (Lipinski definition) is 2. The molecule has 0 spiro atoms. The van der Waals surface area contributed by atoms with Gasteiger partial charge in [-0.1, -0.05) is 11.6 Å². The van der Waals surface area contributed by atoms with Gasteiger partial charge in [0.05, 0.1) is 5.02 Å². The lowest BCUT2D eigenvalue weighted by Gasteiger charge is -1.99. The fourth-order valence-electron chi connectivity index (χ4n) is 1.85. The molecule has 1 aromatic heterocycles. The van der Waals surface area contributed by atoms with Crippen molar-refractivity contribution in [3.63, 3.8) is 0 Å². The lowest BCUT2D eigenvalue weighted by atomic mass is 10.1. The van der Waals surface area contributed by atoms with E-state index in [0.717, 1.165) is 28.6 Å². The Morgan fingerprint density at radius 1 is 1.47 bits per heavy atom. The first-order valence-corrected chi connectivity index (χ1v) is 5.17. The van der Waals surface area contributed by atoms with Crippen molar-refractivity contribution in [1.82, 2.24) is 4.98 Å². The molecule has 0 unspecified atom stereocenters. The van der Waals surface area contributed by atoms with Gasteiger partial charge in [0, 0.05) is 16.6 Å². The Morgan fingerprint density at radius 2 is 2.20 bits per heavy atom. The predicted octanol–water partition coefficient (Wildman–Crippen LogP) is 2.77. The van der Waals surface area contributed by atoms with Crippen LogP contribution in [0.15, 0.2) is 12.1 Å². The molecule has 0 aliphatic heterocycles. The second-order valence-electron chi connectivity index (χ2n) is 3.58. The number of aromatic nitrogens is 1. The average Bonchev–Trinajstić information content (AvgIpc) is 2.46. The van der Waals surface area contributed by atoms with Gasteiger partial charge in [-0.15, -0.1) is 0 Å². The van der Waals surface area contributed by atoms with Crippen molar-refractivity contribution < 1.29 is 4.39 Å². The van der Waals surface area contributed by atoms with Crippen molar-refractivity contribution in [3.8, 4) is 0 Å². The van der Waals surface area contributed by atoms with Crippen LogP contribution < -0.4 is 5.73 Å². The van der Waals surface area contributed by atoms with Gasteiger partial charge in [0.1, 0.15) is 5.82 Å². The van der Waals surface area contributed by atoms with Crippen molar-refractivity contribution in [1.29, 1.82) is 0 Å². The van der Waals surface area contributed by atoms with Crippen LogP contribution in [-0.2, 0) is 6.42 Å². The van der Waals surface area contributed by atoms with Crippen molar-refractivity contribution >= 4 is 22.5 Å². The molecule has 0 saturated heterocycles. The fourth-order valence-corrected chi connectivity index (χ4v) is 2.01. The van der Waals surface area contributed by atoms with Crippen LogP contribution in [0.25, 0.3) is 10.9 Å². The molecule has 2 rings (SSSR count). The first-order chi connectivity index (χ1) is 7.13. The van der Waals surface area contributed by atoms with Crippen LogP contribution in [0, 0.1) is 12.7 Å². The van der Waals surface area contributed by atoms with Crippen LogP contribution in [0.4, 0.5) is 4.39 Å². The van der Waals surface area contributed by atoms with Crippen LogP contribution in [-0.4, -0.2) is 11.5 Å². The Morgan fingerprint density at radius 3 is 2.87 bits per heavy atom. The molecule has 0 atom stereocenters. The number of hydrogen-bond acceptors (Lipinski definition) is 1. The van der Waals surface area contributed by atoms with Crippen LogP contribution in [0.3, 0.4) is 0 Å². The van der Waals surface area contributed by atoms with Gasteiger partial charge in [0.25, 0.3) is 0 Å². The summed E-state index contributed by atoms with van der Waals surface area (Å²) in [7, 11) is 0. The molecule has 3 N–H and O–H groups in total. The van der Waals surface area contributed by atoms with Gasteiger partial charge in [0.15, 0.2) is 0 Å². The summed E-state index contributed by atoms with van der Waals surface area (Å²) in [4.78, 5) is 3.17. The summed E-state index contributed by atoms with van der Waals surface area (Å²) in [6.45, 7) is 2.51. The highest BCUT2D eigenvalue weighted by molar-refractivity contribution is 6.31. The molecule has 80 valence electrons. The van der Waals surface area contributed by atoms with Crippen LogP contribution in [0.1, 0.15) is 11.3 Å². The van der Waals surface area contributed by atoms with Gasteiger partial charge < -0.3 is 10.7 Å². The minimum atomic E-state index is -0.388. The van der Waals surface area contributed by atoms with Crippen molar-refractivity contribution in [2.75, 3.05) is 6.54 Å². The Bertz CT molecular complexity index is 505. The second kappa shape index (κ2) is 3.83. The Kier molecular flexibility index (Phi) is 2.67. The lowest BCUT2D eigenvalue weighted by molar-refractivity contribution is 0.630. The number of H-pyrrole nitrogens is 1. The third-order valence-corrected chi connectivity index (χ3v) is 2.84. The van der Waals surface area contributed by atoms with Crippen molar-refractivity contribution in [3.05, 3.63) is 34.2 Å². The molecule has 2 aromatic rings. The normalized spacial score (nSPS) is 11.2. The van der Waals surface area contributed by atoms with Gasteiger partial charge in [-0.25, -0.2) is 4.39 Å². The minimum Gasteiger partial charge on any atom is -0.358 e. The van der Waals surface area contributed by atoms with E-state index >= 15 is 0 Å². The number of fused-ring (bicyclic) bond motifs is 1. The van der Waals surface area contributed by atoms with Crippen LogP contribution >= 0.6 is 11.6 Å². The summed E-state index contributed by atoms with van der Waals surface area (Å²) in [5.74, 6) is -0.388. The quantitative estimate of drug-likeness (QED) is 0.813. The summed E-state index contributed by atoms with van der Waals surface area (Å²) in [5, 5.41) is 1.02. The Balaban J connectivity index is 2.70. The second-order valence-corrected chi connectivity index (χ2v) is 3.99. The molecule has 2 nitrogen and oxygen atoms in total. The summed E-state index contributed by atoms with van der Waals surface area (Å²) < 4.78 is 13.3. The van der Waals surface area contributed by atoms with Gasteiger partial charge in [-0.3, -0.25) is 0 Å². The summed E-state index contributed by atoms with van der Waals surface area (Å²) in [5.41, 5.74) is 8.47. The van der Waals surface area contributed by atoms with E-state index in [4.69, 9.17) is 17.3 Å². The molecule has 1 heterocycles. The molecule has 0 bridgehead atoms. The van der Waals surface area contributed by atoms with E-state index in [0.29, 0.717) is 6.54 Å². The maximum Gasteiger partial charge on any atom is 0.142 e. The predicted molar refractivity (Wildman–Crippen MR) is 60.8 cm³/mol. The smallest absolute Gasteiger partial charge is 0.142 e. The molecular weight excluding hydrogens is 215 g/mol. The molecule has 0 aliphatic carbocycles. The van der Waals surface area contributed by atoms with E-state index in [2.05, 4.69) is 4.98 Å². The highest BCUT2D eigenvalue weighted by Crippen LogP contribution is 2.27. The zero-order chi connectivity index (χ0) is 11.0. The van der Waals surface area contributed by atoms with Crippen LogP contribution in [0.2, 0.25) is 5.02 Å². The maximum absolute atomic E-state index is 13.3. The molecule has 0 saturated carbocycles. The van der Waals surface area contributed by atoms with Crippen molar-refractivity contribution in [2.24, 2.45) is 5.73 Å². The summed E-state index contributed by atoms with van der Waals surface area (Å²) in [6.07, 6.45) is 0.743. The molecular formula is C11H12ClFN2. The lowest BCUT2D eigenvalue weighted by Crippen LogP contribution is -2.03. The van der Waals surface area contributed by atoms with E-state index in [1.54, 1.807) is 6.07 Å². The van der Waals surface area contributed by atoms with E-state index in [-0.39, 0.29) is 10.8 Å². The SMILES string of the molecule is Cc1[nH]c2cc(Cl)c(F)cc2c1CCN. The largest absolute Gasteiger partial charge is 0.358 e. The van der Waals surface area contributed by atoms with E-state index in [9.17, 15) is 4.39 Å². The molecule has 4 heteroatoms. The molecule has 15 heavy (non-hydrogen) atoms. The number of aromatic amines is 1. The van der Waals surface area contributed by atoms with Crippen molar-refractivity contribution in [2.45, 2.75) is 13.3 Å². The number of halogens is 2. The van der Waals surface area contributed by atoms with Crippen LogP contribution in [0.5, 0.6) is 0 Å². The van der Waals surface area contributed by atoms with E-state index in [1.165, 1.54) is 6.07 Å². The minimum absolute atomic E-state index is 0.142. The standard InChI is InChI=1S/C11H12ClFN2/c1-6-7(2-3-14)8-4-10(13)9(12)5-11(8)15-6/h4-5,15H,2-3,14H2,1H3. The number of benzene rings is 1. The average molecular weight is 227 g/mol. The Labute approximate surface area is 92.2 Å². The molecule has 0 amide bonds. The summed E-state index contributed by atoms with van der Waals surface area (Å²) >= 11 is 5.71. The number of rotatable bonds is 2. The van der Waals surface area contributed by atoms with Gasteiger partial charge in [-0.05, 0) is 37.6 Å². The van der Waals surface area contributed by atoms with E-state index < -0.39 is 0 Å². The number of nitrogens with one attached hydrogen (secondary N) is 1. The molecule has 1 aromatic carbocycles. The zero-order valence-electron chi connectivity index (χ0n) is 8.40. The summed E-state index contributed by atoms with van der Waals surface area (Å²) in [6, 6.07) is 3.07. The molecule has 0 aliphatic rings. The fraction of sp³-hybridized carbons (Fsp3) is 0.273. The zero-order valence-corrected chi connectivity index (χ0v) is 9.16. The highest BCUT2D eigenvalue weighted by Gasteiger charge is 2.10. The maximum atomic E-state index is 13.3. The van der Waals surface area contributed by atoms with Gasteiger partial charge in [0.2, 0.25) is 0 Å². The highest BCUT2D eigenvalue weighted by atomic mass is 35.5. The number of nitrogens with two attached hydrogens (primary N) is 1. The Hall–Kier alpha value is -1.06.